The molecule has 2 atom stereocenters. The van der Waals surface area contributed by atoms with Gasteiger partial charge in [0.1, 0.15) is 22.3 Å². The van der Waals surface area contributed by atoms with Crippen LogP contribution in [0.5, 0.6) is 0 Å². The Morgan fingerprint density at radius 3 is 2.54 bits per heavy atom. The molecule has 240 valence electrons. The molecule has 2 aliphatic rings. The van der Waals surface area contributed by atoms with E-state index in [2.05, 4.69) is 22.9 Å². The van der Waals surface area contributed by atoms with Crippen LogP contribution in [0.3, 0.4) is 0 Å². The van der Waals surface area contributed by atoms with Gasteiger partial charge in [-0.15, -0.1) is 0 Å². The molecule has 1 saturated heterocycles. The lowest BCUT2D eigenvalue weighted by Crippen LogP contribution is -2.54. The molecule has 0 aliphatic carbocycles. The molecule has 14 heteroatoms. The van der Waals surface area contributed by atoms with E-state index in [0.29, 0.717) is 11.3 Å². The number of amides is 1. The van der Waals surface area contributed by atoms with Crippen molar-refractivity contribution in [3.63, 3.8) is 0 Å². The highest BCUT2D eigenvalue weighted by Crippen LogP contribution is 2.42. The van der Waals surface area contributed by atoms with Crippen LogP contribution < -0.4 is 21.5 Å². The van der Waals surface area contributed by atoms with E-state index in [1.165, 1.54) is 16.7 Å². The maximum absolute atomic E-state index is 15.5. The van der Waals surface area contributed by atoms with Crippen molar-refractivity contribution in [2.75, 3.05) is 30.3 Å². The fourth-order valence-electron chi connectivity index (χ4n) is 6.09. The number of halogens is 5. The Morgan fingerprint density at radius 2 is 1.93 bits per heavy atom. The molecule has 9 nitrogen and oxygen atoms in total. The van der Waals surface area contributed by atoms with E-state index in [4.69, 9.17) is 28.9 Å². The SMILES string of the molecule is C=CC(=O)N1CCN(c2c(C#N)c(=O)n(C3=C(C)C=CNC3C(C)C)c3nc(-c4c(N)c(F)c(F)c(Cl)c4F)c(Cl)cc23)C[C@H]1C. The van der Waals surface area contributed by atoms with E-state index in [1.54, 1.807) is 29.0 Å². The number of benzene rings is 1. The van der Waals surface area contributed by atoms with Gasteiger partial charge in [0.2, 0.25) is 5.91 Å². The Kier molecular flexibility index (Phi) is 8.86. The molecule has 0 bridgehead atoms. The van der Waals surface area contributed by atoms with Crippen LogP contribution in [-0.2, 0) is 4.79 Å². The number of carbonyl (C=O) groups is 1. The number of nitriles is 1. The van der Waals surface area contributed by atoms with Crippen molar-refractivity contribution < 1.29 is 18.0 Å². The molecule has 2 aliphatic heterocycles. The number of piperazine rings is 1. The van der Waals surface area contributed by atoms with Gasteiger partial charge in [0.15, 0.2) is 17.5 Å². The first kappa shape index (κ1) is 32.9. The van der Waals surface area contributed by atoms with Crippen LogP contribution in [0.1, 0.15) is 33.3 Å². The zero-order valence-electron chi connectivity index (χ0n) is 25.4. The standard InChI is InChI=1S/C32H30Cl2F3N7O2/c1-6-20(45)43-10-9-42(13-16(43)5)30-17-11-19(33)28(21-23(35)22(34)24(36)25(37)26(21)39)41-31(17)44(32(46)18(30)12-38)29-15(4)7-8-40-27(29)14(2)3/h6-8,11,14,16,27,40H,1,9-10,13,39H2,2-5H3/t16-,27?/m1/s1. The molecule has 4 heterocycles. The molecule has 1 fully saturated rings. The summed E-state index contributed by atoms with van der Waals surface area (Å²) in [5.74, 6) is -4.95. The predicted octanol–water partition coefficient (Wildman–Crippen LogP) is 5.84. The smallest absolute Gasteiger partial charge is 0.276 e. The van der Waals surface area contributed by atoms with Crippen LogP contribution in [0.2, 0.25) is 10.0 Å². The molecular weight excluding hydrogens is 642 g/mol. The molecule has 0 radical (unpaired) electrons. The number of nitrogens with zero attached hydrogens (tertiary/aromatic N) is 5. The summed E-state index contributed by atoms with van der Waals surface area (Å²) in [5.41, 5.74) is 4.30. The van der Waals surface area contributed by atoms with Crippen molar-refractivity contribution in [3.05, 3.63) is 80.0 Å². The molecule has 5 rings (SSSR count). The first-order valence-corrected chi connectivity index (χ1v) is 15.1. The minimum Gasteiger partial charge on any atom is -0.396 e. The summed E-state index contributed by atoms with van der Waals surface area (Å²) in [4.78, 5) is 34.9. The first-order valence-electron chi connectivity index (χ1n) is 14.4. The molecular formula is C32H30Cl2F3N7O2. The largest absolute Gasteiger partial charge is 0.396 e. The van der Waals surface area contributed by atoms with Gasteiger partial charge in [-0.05, 0) is 49.8 Å². The molecule has 46 heavy (non-hydrogen) atoms. The fourth-order valence-corrected chi connectivity index (χ4v) is 6.51. The van der Waals surface area contributed by atoms with Gasteiger partial charge >= 0.3 is 0 Å². The van der Waals surface area contributed by atoms with E-state index in [9.17, 15) is 23.6 Å². The average Bonchev–Trinajstić information content (AvgIpc) is 3.02. The van der Waals surface area contributed by atoms with E-state index >= 15 is 4.39 Å². The number of fused-ring (bicyclic) bond motifs is 1. The molecule has 1 unspecified atom stereocenters. The number of carbonyl (C=O) groups excluding carboxylic acids is 1. The van der Waals surface area contributed by atoms with E-state index in [0.717, 1.165) is 0 Å². The lowest BCUT2D eigenvalue weighted by molar-refractivity contribution is -0.128. The van der Waals surface area contributed by atoms with Crippen molar-refractivity contribution in [1.29, 1.82) is 5.26 Å². The number of hydrogen-bond donors (Lipinski definition) is 2. The van der Waals surface area contributed by atoms with Crippen LogP contribution >= 0.6 is 23.2 Å². The number of nitrogens with one attached hydrogen (secondary N) is 1. The molecule has 3 aromatic rings. The van der Waals surface area contributed by atoms with Gasteiger partial charge < -0.3 is 20.9 Å². The van der Waals surface area contributed by atoms with Gasteiger partial charge in [0.25, 0.3) is 5.56 Å². The second-order valence-electron chi connectivity index (χ2n) is 11.5. The number of nitrogens with two attached hydrogens (primary N) is 1. The topological polar surface area (TPSA) is 120 Å². The third kappa shape index (κ3) is 5.17. The van der Waals surface area contributed by atoms with Gasteiger partial charge in [-0.25, -0.2) is 18.2 Å². The lowest BCUT2D eigenvalue weighted by Gasteiger charge is -2.41. The van der Waals surface area contributed by atoms with Crippen molar-refractivity contribution in [3.8, 4) is 17.3 Å². The van der Waals surface area contributed by atoms with Gasteiger partial charge in [0, 0.05) is 31.1 Å². The third-order valence-electron chi connectivity index (χ3n) is 8.35. The summed E-state index contributed by atoms with van der Waals surface area (Å²) in [6.07, 6.45) is 4.72. The zero-order chi connectivity index (χ0) is 33.8. The monoisotopic (exact) mass is 671 g/mol. The van der Waals surface area contributed by atoms with Gasteiger partial charge in [-0.3, -0.25) is 14.2 Å². The number of pyridine rings is 2. The van der Waals surface area contributed by atoms with Crippen LogP contribution in [0, 0.1) is 34.7 Å². The quantitative estimate of drug-likeness (QED) is 0.151. The third-order valence-corrected chi connectivity index (χ3v) is 8.97. The number of nitrogen functional groups attached to an aromatic ring is 1. The van der Waals surface area contributed by atoms with Crippen molar-refractivity contribution in [2.45, 2.75) is 39.8 Å². The Labute approximate surface area is 273 Å². The van der Waals surface area contributed by atoms with Crippen LogP contribution in [-0.4, -0.2) is 52.1 Å². The predicted molar refractivity (Wildman–Crippen MR) is 174 cm³/mol. The van der Waals surface area contributed by atoms with Crippen molar-refractivity contribution in [2.24, 2.45) is 5.92 Å². The Bertz CT molecular complexity index is 1950. The Balaban J connectivity index is 1.91. The zero-order valence-corrected chi connectivity index (χ0v) is 26.9. The maximum Gasteiger partial charge on any atom is 0.276 e. The summed E-state index contributed by atoms with van der Waals surface area (Å²) < 4.78 is 45.8. The summed E-state index contributed by atoms with van der Waals surface area (Å²) >= 11 is 12.5. The van der Waals surface area contributed by atoms with Gasteiger partial charge in [0.05, 0.1) is 39.4 Å². The Morgan fingerprint density at radius 1 is 1.24 bits per heavy atom. The number of aromatic nitrogens is 2. The minimum atomic E-state index is -1.67. The second-order valence-corrected chi connectivity index (χ2v) is 12.3. The van der Waals surface area contributed by atoms with Crippen molar-refractivity contribution >= 4 is 57.2 Å². The highest BCUT2D eigenvalue weighted by atomic mass is 35.5. The van der Waals surface area contributed by atoms with E-state index < -0.39 is 45.3 Å². The maximum atomic E-state index is 15.5. The second kappa shape index (κ2) is 12.4. The molecule has 1 aromatic carbocycles. The highest BCUT2D eigenvalue weighted by Gasteiger charge is 2.34. The van der Waals surface area contributed by atoms with Crippen molar-refractivity contribution in [1.82, 2.24) is 19.8 Å². The molecule has 1 amide bonds. The number of allylic oxidation sites excluding steroid dienone is 2. The summed E-state index contributed by atoms with van der Waals surface area (Å²) in [6, 6.07) is 2.71. The van der Waals surface area contributed by atoms with Crippen LogP contribution in [0.15, 0.2) is 41.4 Å². The lowest BCUT2D eigenvalue weighted by atomic mass is 9.94. The highest BCUT2D eigenvalue weighted by molar-refractivity contribution is 6.34. The first-order chi connectivity index (χ1) is 21.7. The fraction of sp³-hybridized carbons (Fsp3) is 0.312. The molecule has 3 N–H and O–H groups in total. The number of rotatable bonds is 5. The van der Waals surface area contributed by atoms with E-state index in [-0.39, 0.29) is 70.5 Å². The minimum absolute atomic E-state index is 0.0348. The molecule has 0 spiro atoms. The molecule has 0 saturated carbocycles. The van der Waals surface area contributed by atoms with Gasteiger partial charge in [-0.1, -0.05) is 43.6 Å². The summed E-state index contributed by atoms with van der Waals surface area (Å²) in [5, 5.41) is 12.6. The summed E-state index contributed by atoms with van der Waals surface area (Å²) in [6.45, 7) is 11.8. The Hall–Kier alpha value is -4.47. The summed E-state index contributed by atoms with van der Waals surface area (Å²) in [7, 11) is 0. The average molecular weight is 673 g/mol. The number of dihydropyridines is 1. The van der Waals surface area contributed by atoms with Crippen LogP contribution in [0.25, 0.3) is 28.0 Å². The normalized spacial score (nSPS) is 18.3. The molecule has 2 aromatic heterocycles. The van der Waals surface area contributed by atoms with Gasteiger partial charge in [-0.2, -0.15) is 5.26 Å². The van der Waals surface area contributed by atoms with Crippen LogP contribution in [0.4, 0.5) is 24.5 Å². The van der Waals surface area contributed by atoms with E-state index in [1.807, 2.05) is 20.8 Å². The number of hydrogen-bond acceptors (Lipinski definition) is 7. The number of anilines is 2.